The summed E-state index contributed by atoms with van der Waals surface area (Å²) in [5, 5.41) is 2.92. The van der Waals surface area contributed by atoms with E-state index in [1.807, 2.05) is 83.4 Å². The number of amides is 1. The lowest BCUT2D eigenvalue weighted by atomic mass is 10.1. The lowest BCUT2D eigenvalue weighted by molar-refractivity contribution is -0.139. The summed E-state index contributed by atoms with van der Waals surface area (Å²) in [6.45, 7) is 0. The Morgan fingerprint density at radius 3 is 2.45 bits per heavy atom. The van der Waals surface area contributed by atoms with Gasteiger partial charge < -0.3 is 15.8 Å². The van der Waals surface area contributed by atoms with E-state index in [2.05, 4.69) is 10.3 Å². The second kappa shape index (κ2) is 11.3. The normalized spacial score (nSPS) is 10.9. The molecule has 206 valence electrons. The number of imidazole rings is 1. The topological polar surface area (TPSA) is 125 Å². The molecule has 0 saturated heterocycles. The second-order valence-corrected chi connectivity index (χ2v) is 9.57. The molecule has 0 aliphatic rings. The van der Waals surface area contributed by atoms with Gasteiger partial charge in [0.05, 0.1) is 24.8 Å². The number of carbonyl (C=O) groups is 2. The Kier molecular flexibility index (Phi) is 7.13. The smallest absolute Gasteiger partial charge is 0.309 e. The summed E-state index contributed by atoms with van der Waals surface area (Å²) in [6, 6.07) is 31.8. The van der Waals surface area contributed by atoms with E-state index in [4.69, 9.17) is 20.4 Å². The van der Waals surface area contributed by atoms with Crippen LogP contribution in [-0.2, 0) is 16.0 Å². The zero-order valence-corrected chi connectivity index (χ0v) is 22.7. The van der Waals surface area contributed by atoms with Crippen molar-refractivity contribution in [1.82, 2.24) is 19.5 Å². The number of anilines is 2. The molecule has 3 heterocycles. The van der Waals surface area contributed by atoms with E-state index in [1.165, 1.54) is 7.11 Å². The third-order valence-electron chi connectivity index (χ3n) is 6.80. The molecule has 0 unspecified atom stereocenters. The molecule has 3 aromatic heterocycles. The molecule has 0 saturated carbocycles. The van der Waals surface area contributed by atoms with Crippen LogP contribution in [0.4, 0.5) is 11.5 Å². The number of fused-ring (bicyclic) bond motifs is 1. The largest absolute Gasteiger partial charge is 0.469 e. The maximum absolute atomic E-state index is 13.0. The molecular weight excluding hydrogens is 528 g/mol. The highest BCUT2D eigenvalue weighted by molar-refractivity contribution is 6.04. The lowest BCUT2D eigenvalue weighted by Crippen LogP contribution is -2.13. The number of benzene rings is 3. The monoisotopic (exact) mass is 554 g/mol. The molecule has 0 atom stereocenters. The van der Waals surface area contributed by atoms with Crippen molar-refractivity contribution in [1.29, 1.82) is 0 Å². The van der Waals surface area contributed by atoms with Gasteiger partial charge in [0.25, 0.3) is 5.91 Å². The average Bonchev–Trinajstić information content (AvgIpc) is 3.40. The van der Waals surface area contributed by atoms with Crippen LogP contribution in [0.1, 0.15) is 15.9 Å². The van der Waals surface area contributed by atoms with E-state index >= 15 is 0 Å². The van der Waals surface area contributed by atoms with Crippen LogP contribution in [0.25, 0.3) is 39.5 Å². The summed E-state index contributed by atoms with van der Waals surface area (Å²) < 4.78 is 6.67. The molecule has 3 N–H and O–H groups in total. The number of methoxy groups -OCH3 is 1. The van der Waals surface area contributed by atoms with Crippen molar-refractivity contribution in [3.63, 3.8) is 0 Å². The van der Waals surface area contributed by atoms with E-state index in [0.717, 1.165) is 16.9 Å². The average molecular weight is 555 g/mol. The minimum atomic E-state index is -0.368. The van der Waals surface area contributed by atoms with E-state index in [9.17, 15) is 9.59 Å². The third-order valence-corrected chi connectivity index (χ3v) is 6.80. The van der Waals surface area contributed by atoms with Crippen molar-refractivity contribution in [3.8, 4) is 28.3 Å². The van der Waals surface area contributed by atoms with Crippen LogP contribution in [0.2, 0.25) is 0 Å². The van der Waals surface area contributed by atoms with Gasteiger partial charge in [0.15, 0.2) is 11.5 Å². The first-order valence-electron chi connectivity index (χ1n) is 13.2. The van der Waals surface area contributed by atoms with Gasteiger partial charge in [-0.2, -0.15) is 0 Å². The van der Waals surface area contributed by atoms with Crippen molar-refractivity contribution >= 4 is 34.5 Å². The first-order chi connectivity index (χ1) is 20.5. The molecule has 9 heteroatoms. The predicted molar refractivity (Wildman–Crippen MR) is 162 cm³/mol. The fourth-order valence-corrected chi connectivity index (χ4v) is 4.72. The number of carbonyl (C=O) groups excluding carboxylic acids is 2. The molecular formula is C33H26N6O3. The summed E-state index contributed by atoms with van der Waals surface area (Å²) in [6.07, 6.45) is 1.73. The molecule has 0 fully saturated rings. The number of nitrogen functional groups attached to an aromatic ring is 1. The standard InChI is InChI=1S/C33H26N6O3/c1-42-29(40)20-21-7-5-10-23(19-21)33(41)36-24-12-14-25(15-13-24)39-31(26-11-6-18-35-30(26)34)38-28-17-16-27(37-32(28)39)22-8-3-2-4-9-22/h2-19H,20H2,1H3,(H2,34,35)(H,36,41). The van der Waals surface area contributed by atoms with Crippen LogP contribution in [0, 0.1) is 0 Å². The van der Waals surface area contributed by atoms with Crippen LogP contribution >= 0.6 is 0 Å². The van der Waals surface area contributed by atoms with Crippen LogP contribution < -0.4 is 11.1 Å². The van der Waals surface area contributed by atoms with Crippen molar-refractivity contribution in [2.24, 2.45) is 0 Å². The number of esters is 1. The van der Waals surface area contributed by atoms with Gasteiger partial charge in [-0.3, -0.25) is 14.2 Å². The number of rotatable bonds is 7. The van der Waals surface area contributed by atoms with Gasteiger partial charge in [-0.1, -0.05) is 42.5 Å². The highest BCUT2D eigenvalue weighted by Gasteiger charge is 2.19. The molecule has 6 rings (SSSR count). The van der Waals surface area contributed by atoms with Gasteiger partial charge in [0.1, 0.15) is 11.3 Å². The molecule has 0 spiro atoms. The highest BCUT2D eigenvalue weighted by atomic mass is 16.5. The van der Waals surface area contributed by atoms with Gasteiger partial charge >= 0.3 is 5.97 Å². The quantitative estimate of drug-likeness (QED) is 0.243. The third kappa shape index (κ3) is 5.31. The van der Waals surface area contributed by atoms with Crippen molar-refractivity contribution in [2.45, 2.75) is 6.42 Å². The molecule has 0 aliphatic heterocycles. The van der Waals surface area contributed by atoms with E-state index in [1.54, 1.807) is 30.5 Å². The van der Waals surface area contributed by atoms with Gasteiger partial charge in [-0.25, -0.2) is 15.0 Å². The molecule has 1 amide bonds. The van der Waals surface area contributed by atoms with Crippen molar-refractivity contribution in [2.75, 3.05) is 18.2 Å². The summed E-state index contributed by atoms with van der Waals surface area (Å²) in [5.41, 5.74) is 12.6. The molecule has 0 bridgehead atoms. The van der Waals surface area contributed by atoms with E-state index in [0.29, 0.717) is 45.2 Å². The Morgan fingerprint density at radius 2 is 1.69 bits per heavy atom. The Balaban J connectivity index is 1.36. The number of pyridine rings is 2. The van der Waals surface area contributed by atoms with E-state index < -0.39 is 0 Å². The van der Waals surface area contributed by atoms with Crippen LogP contribution in [0.15, 0.2) is 109 Å². The van der Waals surface area contributed by atoms with Crippen LogP contribution in [0.3, 0.4) is 0 Å². The molecule has 9 nitrogen and oxygen atoms in total. The number of ether oxygens (including phenoxy) is 1. The molecule has 42 heavy (non-hydrogen) atoms. The minimum Gasteiger partial charge on any atom is -0.469 e. The van der Waals surface area contributed by atoms with Gasteiger partial charge in [0, 0.05) is 28.7 Å². The van der Waals surface area contributed by atoms with Crippen molar-refractivity contribution in [3.05, 3.63) is 120 Å². The SMILES string of the molecule is COC(=O)Cc1cccc(C(=O)Nc2ccc(-n3c(-c4cccnc4N)nc4ccc(-c5ccccc5)nc43)cc2)c1. The zero-order chi connectivity index (χ0) is 29.1. The van der Waals surface area contributed by atoms with Gasteiger partial charge in [-0.15, -0.1) is 0 Å². The molecule has 0 radical (unpaired) electrons. The van der Waals surface area contributed by atoms with Gasteiger partial charge in [-0.05, 0) is 66.2 Å². The Bertz CT molecular complexity index is 1920. The maximum Gasteiger partial charge on any atom is 0.309 e. The first kappa shape index (κ1) is 26.4. The molecule has 3 aromatic carbocycles. The van der Waals surface area contributed by atoms with Gasteiger partial charge in [0.2, 0.25) is 0 Å². The van der Waals surface area contributed by atoms with Crippen LogP contribution in [0.5, 0.6) is 0 Å². The number of nitrogens with one attached hydrogen (secondary N) is 1. The Labute approximate surface area is 241 Å². The second-order valence-electron chi connectivity index (χ2n) is 9.57. The summed E-state index contributed by atoms with van der Waals surface area (Å²) in [4.78, 5) is 38.7. The summed E-state index contributed by atoms with van der Waals surface area (Å²) in [5.74, 6) is 0.302. The molecule has 0 aliphatic carbocycles. The number of nitrogens with zero attached hydrogens (tertiary/aromatic N) is 4. The van der Waals surface area contributed by atoms with Crippen molar-refractivity contribution < 1.29 is 14.3 Å². The first-order valence-corrected chi connectivity index (χ1v) is 13.2. The fourth-order valence-electron chi connectivity index (χ4n) is 4.72. The maximum atomic E-state index is 13.0. The number of aromatic nitrogens is 4. The lowest BCUT2D eigenvalue weighted by Gasteiger charge is -2.12. The van der Waals surface area contributed by atoms with E-state index in [-0.39, 0.29) is 18.3 Å². The van der Waals surface area contributed by atoms with Crippen LogP contribution in [-0.4, -0.2) is 38.5 Å². The minimum absolute atomic E-state index is 0.0922. The number of hydrogen-bond donors (Lipinski definition) is 2. The predicted octanol–water partition coefficient (Wildman–Crippen LogP) is 5.70. The fraction of sp³-hybridized carbons (Fsp3) is 0.0606. The highest BCUT2D eigenvalue weighted by Crippen LogP contribution is 2.32. The number of nitrogens with two attached hydrogens (primary N) is 1. The Morgan fingerprint density at radius 1 is 0.881 bits per heavy atom. The number of hydrogen-bond acceptors (Lipinski definition) is 7. The summed E-state index contributed by atoms with van der Waals surface area (Å²) >= 11 is 0. The summed E-state index contributed by atoms with van der Waals surface area (Å²) in [7, 11) is 1.34. The zero-order valence-electron chi connectivity index (χ0n) is 22.7. The Hall–Kier alpha value is -5.83. The molecule has 6 aromatic rings.